The van der Waals surface area contributed by atoms with Crippen LogP contribution in [-0.4, -0.2) is 45.8 Å². The summed E-state index contributed by atoms with van der Waals surface area (Å²) < 4.78 is 37.7. The number of halogens is 4. The Hall–Kier alpha value is -2.03. The van der Waals surface area contributed by atoms with Crippen molar-refractivity contribution in [3.8, 4) is 0 Å². The zero-order chi connectivity index (χ0) is 17.9. The minimum atomic E-state index is -4.44. The second kappa shape index (κ2) is 7.25. The Morgan fingerprint density at radius 1 is 1.50 bits per heavy atom. The lowest BCUT2D eigenvalue weighted by Gasteiger charge is -2.31. The highest BCUT2D eigenvalue weighted by atomic mass is 35.5. The maximum Gasteiger partial charge on any atom is 0.408 e. The van der Waals surface area contributed by atoms with Gasteiger partial charge in [-0.2, -0.15) is 18.3 Å². The van der Waals surface area contributed by atoms with E-state index in [2.05, 4.69) is 17.0 Å². The van der Waals surface area contributed by atoms with Gasteiger partial charge in [0.25, 0.3) is 0 Å². The van der Waals surface area contributed by atoms with E-state index in [9.17, 15) is 22.8 Å². The van der Waals surface area contributed by atoms with Gasteiger partial charge in [-0.3, -0.25) is 14.3 Å². The van der Waals surface area contributed by atoms with E-state index < -0.39 is 24.5 Å². The molecule has 1 saturated heterocycles. The normalized spacial score (nSPS) is 18.3. The average Bonchev–Trinajstić information content (AvgIpc) is 2.83. The maximum atomic E-state index is 12.4. The molecule has 0 aliphatic carbocycles. The Labute approximate surface area is 141 Å². The smallest absolute Gasteiger partial charge is 0.338 e. The number of anilines is 1. The van der Waals surface area contributed by atoms with Gasteiger partial charge in [-0.1, -0.05) is 18.2 Å². The van der Waals surface area contributed by atoms with Crippen molar-refractivity contribution < 1.29 is 22.8 Å². The molecule has 1 fully saturated rings. The fourth-order valence-corrected chi connectivity index (χ4v) is 2.68. The second-order valence-electron chi connectivity index (χ2n) is 5.46. The van der Waals surface area contributed by atoms with E-state index in [1.54, 1.807) is 0 Å². The summed E-state index contributed by atoms with van der Waals surface area (Å²) in [6.45, 7) is 2.86. The van der Waals surface area contributed by atoms with Crippen LogP contribution in [0.5, 0.6) is 0 Å². The lowest BCUT2D eigenvalue weighted by molar-refractivity contribution is -0.142. The van der Waals surface area contributed by atoms with Crippen LogP contribution in [0, 0.1) is 5.92 Å². The van der Waals surface area contributed by atoms with E-state index in [1.807, 2.05) is 0 Å². The summed E-state index contributed by atoms with van der Waals surface area (Å²) in [4.78, 5) is 25.4. The molecule has 0 aromatic carbocycles. The fraction of sp³-hybridized carbons (Fsp3) is 0.500. The molecule has 1 N–H and O–H groups in total. The Bertz CT molecular complexity index is 644. The second-order valence-corrected chi connectivity index (χ2v) is 5.86. The number of likely N-dealkylation sites (tertiary alicyclic amines) is 1. The standard InChI is InChI=1S/C14H16ClF3N4O2/c1-2-11(23)21-5-3-4-9(6-21)13(24)19-12-10(15)7-22(20-12)8-14(16,17)18/h2,7,9H,1,3-6,8H2,(H,19,20,24). The number of hydrogen-bond acceptors (Lipinski definition) is 3. The number of hydrogen-bond donors (Lipinski definition) is 1. The van der Waals surface area contributed by atoms with Crippen molar-refractivity contribution in [3.05, 3.63) is 23.9 Å². The third-order valence-corrected chi connectivity index (χ3v) is 3.85. The van der Waals surface area contributed by atoms with E-state index >= 15 is 0 Å². The third-order valence-electron chi connectivity index (χ3n) is 3.58. The number of nitrogens with one attached hydrogen (secondary N) is 1. The molecule has 1 aromatic rings. The largest absolute Gasteiger partial charge is 0.408 e. The molecule has 2 rings (SSSR count). The number of aromatic nitrogens is 2. The van der Waals surface area contributed by atoms with E-state index in [0.29, 0.717) is 24.1 Å². The van der Waals surface area contributed by atoms with Gasteiger partial charge >= 0.3 is 6.18 Å². The van der Waals surface area contributed by atoms with Gasteiger partial charge in [0.2, 0.25) is 11.8 Å². The number of carbonyl (C=O) groups excluding carboxylic acids is 2. The van der Waals surface area contributed by atoms with Crippen molar-refractivity contribution in [1.29, 1.82) is 0 Å². The Kier molecular flexibility index (Phi) is 5.53. The predicted molar refractivity (Wildman–Crippen MR) is 81.4 cm³/mol. The average molecular weight is 365 g/mol. The van der Waals surface area contributed by atoms with E-state index in [-0.39, 0.29) is 23.3 Å². The summed E-state index contributed by atoms with van der Waals surface area (Å²) in [5.41, 5.74) is 0. The molecule has 2 amide bonds. The number of nitrogens with zero attached hydrogens (tertiary/aromatic N) is 3. The highest BCUT2D eigenvalue weighted by Crippen LogP contribution is 2.25. The Morgan fingerprint density at radius 2 is 2.21 bits per heavy atom. The molecular formula is C14H16ClF3N4O2. The number of alkyl halides is 3. The van der Waals surface area contributed by atoms with Crippen LogP contribution in [0.25, 0.3) is 0 Å². The summed E-state index contributed by atoms with van der Waals surface area (Å²) in [5.74, 6) is -1.31. The van der Waals surface area contributed by atoms with Gasteiger partial charge in [0, 0.05) is 19.3 Å². The van der Waals surface area contributed by atoms with E-state index in [0.717, 1.165) is 6.20 Å². The first-order valence-electron chi connectivity index (χ1n) is 7.21. The highest BCUT2D eigenvalue weighted by Gasteiger charge is 2.30. The zero-order valence-corrected chi connectivity index (χ0v) is 13.4. The van der Waals surface area contributed by atoms with Crippen LogP contribution in [0.1, 0.15) is 12.8 Å². The van der Waals surface area contributed by atoms with Crippen molar-refractivity contribution in [3.63, 3.8) is 0 Å². The van der Waals surface area contributed by atoms with E-state index in [4.69, 9.17) is 11.6 Å². The summed E-state index contributed by atoms with van der Waals surface area (Å²) in [6, 6.07) is 0. The SMILES string of the molecule is C=CC(=O)N1CCCC(C(=O)Nc2nn(CC(F)(F)F)cc2Cl)C1. The van der Waals surface area contributed by atoms with Crippen molar-refractivity contribution in [2.24, 2.45) is 5.92 Å². The molecule has 1 aliphatic heterocycles. The molecular weight excluding hydrogens is 349 g/mol. The first kappa shape index (κ1) is 18.3. The predicted octanol–water partition coefficient (Wildman–Crippen LogP) is 2.46. The molecule has 1 aromatic heterocycles. The highest BCUT2D eigenvalue weighted by molar-refractivity contribution is 6.33. The van der Waals surface area contributed by atoms with Crippen molar-refractivity contribution in [2.75, 3.05) is 18.4 Å². The maximum absolute atomic E-state index is 12.4. The van der Waals surface area contributed by atoms with Gasteiger partial charge in [0.05, 0.1) is 5.92 Å². The quantitative estimate of drug-likeness (QED) is 0.834. The monoisotopic (exact) mass is 364 g/mol. The van der Waals surface area contributed by atoms with Gasteiger partial charge < -0.3 is 10.2 Å². The summed E-state index contributed by atoms with van der Waals surface area (Å²) >= 11 is 5.82. The van der Waals surface area contributed by atoms with Crippen LogP contribution >= 0.6 is 11.6 Å². The molecule has 0 bridgehead atoms. The van der Waals surface area contributed by atoms with Crippen LogP contribution in [0.2, 0.25) is 5.02 Å². The van der Waals surface area contributed by atoms with Crippen LogP contribution in [-0.2, 0) is 16.1 Å². The lowest BCUT2D eigenvalue weighted by Crippen LogP contribution is -2.43. The van der Waals surface area contributed by atoms with E-state index in [1.165, 1.54) is 11.0 Å². The summed E-state index contributed by atoms with van der Waals surface area (Å²) in [5, 5.41) is 5.98. The van der Waals surface area contributed by atoms with Gasteiger partial charge in [0.15, 0.2) is 5.82 Å². The number of amides is 2. The minimum Gasteiger partial charge on any atom is -0.338 e. The van der Waals surface area contributed by atoms with Gasteiger partial charge in [0.1, 0.15) is 11.6 Å². The molecule has 0 radical (unpaired) electrons. The van der Waals surface area contributed by atoms with Gasteiger partial charge in [-0.15, -0.1) is 0 Å². The molecule has 0 spiro atoms. The molecule has 1 aliphatic rings. The molecule has 6 nitrogen and oxygen atoms in total. The summed E-state index contributed by atoms with van der Waals surface area (Å²) in [7, 11) is 0. The van der Waals surface area contributed by atoms with Crippen LogP contribution < -0.4 is 5.32 Å². The number of carbonyl (C=O) groups is 2. The third kappa shape index (κ3) is 4.73. The lowest BCUT2D eigenvalue weighted by atomic mass is 9.97. The number of rotatable bonds is 4. The van der Waals surface area contributed by atoms with Crippen LogP contribution in [0.3, 0.4) is 0 Å². The number of piperidine rings is 1. The van der Waals surface area contributed by atoms with Crippen molar-refractivity contribution >= 4 is 29.2 Å². The van der Waals surface area contributed by atoms with Crippen molar-refractivity contribution in [2.45, 2.75) is 25.6 Å². The summed E-state index contributed by atoms with van der Waals surface area (Å²) in [6.07, 6.45) is -1.05. The molecule has 10 heteroatoms. The minimum absolute atomic E-state index is 0.0811. The Balaban J connectivity index is 2.01. The molecule has 24 heavy (non-hydrogen) atoms. The molecule has 0 saturated carbocycles. The first-order chi connectivity index (χ1) is 11.2. The molecule has 132 valence electrons. The molecule has 1 atom stereocenters. The Morgan fingerprint density at radius 3 is 2.83 bits per heavy atom. The van der Waals surface area contributed by atoms with Crippen molar-refractivity contribution in [1.82, 2.24) is 14.7 Å². The molecule has 1 unspecified atom stereocenters. The van der Waals surface area contributed by atoms with Gasteiger partial charge in [-0.05, 0) is 18.9 Å². The topological polar surface area (TPSA) is 67.2 Å². The first-order valence-corrected chi connectivity index (χ1v) is 7.59. The van der Waals surface area contributed by atoms with Crippen LogP contribution in [0.15, 0.2) is 18.9 Å². The zero-order valence-electron chi connectivity index (χ0n) is 12.6. The van der Waals surface area contributed by atoms with Gasteiger partial charge in [-0.25, -0.2) is 0 Å². The fourth-order valence-electron chi connectivity index (χ4n) is 2.49. The molecule has 2 heterocycles. The van der Waals surface area contributed by atoms with Crippen LogP contribution in [0.4, 0.5) is 19.0 Å².